The number of anilines is 1. The lowest BCUT2D eigenvalue weighted by Crippen LogP contribution is -2.27. The first-order valence-corrected chi connectivity index (χ1v) is 7.61. The number of hydrogen-bond donors (Lipinski definition) is 3. The molecule has 19 heavy (non-hydrogen) atoms. The van der Waals surface area contributed by atoms with E-state index in [1.165, 1.54) is 0 Å². The fourth-order valence-electron chi connectivity index (χ4n) is 1.45. The first-order chi connectivity index (χ1) is 8.90. The molecule has 1 rings (SSSR count). The number of hydrogen-bond acceptors (Lipinski definition) is 5. The van der Waals surface area contributed by atoms with E-state index in [0.29, 0.717) is 18.0 Å². The van der Waals surface area contributed by atoms with Gasteiger partial charge in [-0.2, -0.15) is 8.42 Å². The Kier molecular flexibility index (Phi) is 6.07. The summed E-state index contributed by atoms with van der Waals surface area (Å²) in [5, 5.41) is 12.3. The van der Waals surface area contributed by atoms with Gasteiger partial charge >= 0.3 is 0 Å². The van der Waals surface area contributed by atoms with Gasteiger partial charge in [-0.3, -0.25) is 4.55 Å². The van der Waals surface area contributed by atoms with Crippen molar-refractivity contribution < 1.29 is 22.8 Å². The Bertz CT molecular complexity index is 489. The summed E-state index contributed by atoms with van der Waals surface area (Å²) in [6.45, 7) is 2.65. The third-order valence-corrected chi connectivity index (χ3v) is 3.06. The molecule has 0 saturated heterocycles. The number of aliphatic hydroxyl groups excluding tert-OH is 1. The number of rotatable bonds is 8. The van der Waals surface area contributed by atoms with Gasteiger partial charge in [0.05, 0.1) is 12.7 Å². The van der Waals surface area contributed by atoms with Crippen molar-refractivity contribution in [3.8, 4) is 5.75 Å². The highest BCUT2D eigenvalue weighted by Gasteiger charge is 2.13. The van der Waals surface area contributed by atoms with Crippen molar-refractivity contribution in [1.82, 2.24) is 0 Å². The van der Waals surface area contributed by atoms with Crippen molar-refractivity contribution in [2.45, 2.75) is 19.4 Å². The van der Waals surface area contributed by atoms with Gasteiger partial charge in [-0.25, -0.2) is 0 Å². The van der Waals surface area contributed by atoms with Gasteiger partial charge in [0.1, 0.15) is 11.5 Å². The van der Waals surface area contributed by atoms with Crippen molar-refractivity contribution in [2.75, 3.05) is 24.2 Å². The van der Waals surface area contributed by atoms with Crippen LogP contribution < -0.4 is 10.1 Å². The van der Waals surface area contributed by atoms with Crippen LogP contribution in [0, 0.1) is 0 Å². The summed E-state index contributed by atoms with van der Waals surface area (Å²) in [7, 11) is -4.16. The van der Waals surface area contributed by atoms with Gasteiger partial charge in [0.2, 0.25) is 0 Å². The molecule has 0 bridgehead atoms. The molecule has 1 atom stereocenters. The van der Waals surface area contributed by atoms with Gasteiger partial charge in [0, 0.05) is 18.3 Å². The molecule has 0 spiro atoms. The highest BCUT2D eigenvalue weighted by atomic mass is 32.2. The number of aliphatic hydroxyl groups is 1. The molecule has 0 heterocycles. The van der Waals surface area contributed by atoms with Crippen LogP contribution in [0.1, 0.15) is 13.3 Å². The maximum Gasteiger partial charge on any atom is 0.267 e. The topological polar surface area (TPSA) is 95.9 Å². The zero-order valence-corrected chi connectivity index (χ0v) is 11.6. The molecule has 7 heteroatoms. The van der Waals surface area contributed by atoms with Gasteiger partial charge in [0.15, 0.2) is 0 Å². The Balaban J connectivity index is 2.48. The van der Waals surface area contributed by atoms with Crippen molar-refractivity contribution in [2.24, 2.45) is 0 Å². The van der Waals surface area contributed by atoms with Gasteiger partial charge < -0.3 is 15.2 Å². The van der Waals surface area contributed by atoms with Crippen LogP contribution in [0.15, 0.2) is 24.3 Å². The number of benzene rings is 1. The Labute approximate surface area is 113 Å². The van der Waals surface area contributed by atoms with Crippen LogP contribution in [-0.4, -0.2) is 43.1 Å². The fraction of sp³-hybridized carbons (Fsp3) is 0.500. The van der Waals surface area contributed by atoms with E-state index in [2.05, 4.69) is 5.32 Å². The van der Waals surface area contributed by atoms with Crippen LogP contribution in [0.2, 0.25) is 0 Å². The van der Waals surface area contributed by atoms with Gasteiger partial charge in [-0.1, -0.05) is 13.0 Å². The summed E-state index contributed by atoms with van der Waals surface area (Å²) >= 11 is 0. The van der Waals surface area contributed by atoms with Crippen molar-refractivity contribution in [3.63, 3.8) is 0 Å². The first-order valence-electron chi connectivity index (χ1n) is 6.00. The zero-order valence-electron chi connectivity index (χ0n) is 10.7. The van der Waals surface area contributed by atoms with Crippen LogP contribution in [0.3, 0.4) is 0 Å². The maximum atomic E-state index is 10.6. The Morgan fingerprint density at radius 2 is 2.16 bits per heavy atom. The molecule has 6 nitrogen and oxygen atoms in total. The molecule has 0 aliphatic carbocycles. The summed E-state index contributed by atoms with van der Waals surface area (Å²) < 4.78 is 35.2. The second-order valence-electron chi connectivity index (χ2n) is 4.16. The molecule has 0 amide bonds. The van der Waals surface area contributed by atoms with Crippen LogP contribution >= 0.6 is 0 Å². The molecule has 3 N–H and O–H groups in total. The molecule has 0 aliphatic rings. The van der Waals surface area contributed by atoms with Crippen LogP contribution in [0.25, 0.3) is 0 Å². The monoisotopic (exact) mass is 289 g/mol. The minimum atomic E-state index is -4.16. The largest absolute Gasteiger partial charge is 0.494 e. The first kappa shape index (κ1) is 15.7. The summed E-state index contributed by atoms with van der Waals surface area (Å²) in [5.74, 6) is 0.0163. The third-order valence-electron chi connectivity index (χ3n) is 2.25. The predicted molar refractivity (Wildman–Crippen MR) is 73.1 cm³/mol. The molecule has 108 valence electrons. The van der Waals surface area contributed by atoms with Crippen molar-refractivity contribution in [3.05, 3.63) is 24.3 Å². The highest BCUT2D eigenvalue weighted by molar-refractivity contribution is 7.85. The fourth-order valence-corrected chi connectivity index (χ4v) is 2.06. The average molecular weight is 289 g/mol. The van der Waals surface area contributed by atoms with E-state index >= 15 is 0 Å². The molecular formula is C12H19NO5S. The van der Waals surface area contributed by atoms with Crippen molar-refractivity contribution >= 4 is 15.8 Å². The smallest absolute Gasteiger partial charge is 0.267 e. The molecule has 1 aromatic carbocycles. The molecule has 0 fully saturated rings. The van der Waals surface area contributed by atoms with Gasteiger partial charge in [0.25, 0.3) is 10.1 Å². The van der Waals surface area contributed by atoms with E-state index in [1.807, 2.05) is 13.0 Å². The Hall–Kier alpha value is -1.31. The van der Waals surface area contributed by atoms with Crippen molar-refractivity contribution in [1.29, 1.82) is 0 Å². The minimum Gasteiger partial charge on any atom is -0.494 e. The van der Waals surface area contributed by atoms with E-state index in [0.717, 1.165) is 6.42 Å². The highest BCUT2D eigenvalue weighted by Crippen LogP contribution is 2.17. The van der Waals surface area contributed by atoms with E-state index < -0.39 is 22.0 Å². The minimum absolute atomic E-state index is 0.0248. The second kappa shape index (κ2) is 7.32. The Morgan fingerprint density at radius 1 is 1.42 bits per heavy atom. The van der Waals surface area contributed by atoms with Crippen LogP contribution in [-0.2, 0) is 10.1 Å². The van der Waals surface area contributed by atoms with Gasteiger partial charge in [-0.15, -0.1) is 0 Å². The summed E-state index contributed by atoms with van der Waals surface area (Å²) in [5.41, 5.74) is 0.711. The summed E-state index contributed by atoms with van der Waals surface area (Å²) in [6, 6.07) is 7.15. The molecule has 0 aromatic heterocycles. The molecule has 1 aromatic rings. The lowest BCUT2D eigenvalue weighted by Gasteiger charge is -2.12. The molecule has 0 aliphatic heterocycles. The normalized spacial score (nSPS) is 13.0. The van der Waals surface area contributed by atoms with E-state index in [9.17, 15) is 13.5 Å². The standard InChI is InChI=1S/C12H19NO5S/c1-2-6-18-12-5-3-4-10(7-12)13-8-11(14)9-19(15,16)17/h3-5,7,11,13-14H,2,6,8-9H2,1H3,(H,15,16,17). The van der Waals surface area contributed by atoms with Crippen LogP contribution in [0.4, 0.5) is 5.69 Å². The summed E-state index contributed by atoms with van der Waals surface area (Å²) in [6.07, 6.45) is -0.264. The van der Waals surface area contributed by atoms with E-state index in [-0.39, 0.29) is 6.54 Å². The average Bonchev–Trinajstić information content (AvgIpc) is 2.32. The molecule has 0 radical (unpaired) electrons. The SMILES string of the molecule is CCCOc1cccc(NCC(O)CS(=O)(=O)O)c1. The second-order valence-corrected chi connectivity index (χ2v) is 5.66. The maximum absolute atomic E-state index is 10.6. The lowest BCUT2D eigenvalue weighted by atomic mass is 10.3. The predicted octanol–water partition coefficient (Wildman–Crippen LogP) is 1.14. The third kappa shape index (κ3) is 7.00. The van der Waals surface area contributed by atoms with E-state index in [1.54, 1.807) is 18.2 Å². The molecular weight excluding hydrogens is 270 g/mol. The lowest BCUT2D eigenvalue weighted by molar-refractivity contribution is 0.208. The van der Waals surface area contributed by atoms with Gasteiger partial charge in [-0.05, 0) is 18.6 Å². The molecule has 1 unspecified atom stereocenters. The zero-order chi connectivity index (χ0) is 14.3. The number of ether oxygens (including phenoxy) is 1. The molecule has 0 saturated carbocycles. The number of nitrogens with one attached hydrogen (secondary N) is 1. The quantitative estimate of drug-likeness (QED) is 0.621. The summed E-state index contributed by atoms with van der Waals surface area (Å²) in [4.78, 5) is 0. The Morgan fingerprint density at radius 3 is 2.79 bits per heavy atom. The van der Waals surface area contributed by atoms with Crippen LogP contribution in [0.5, 0.6) is 5.75 Å². The van der Waals surface area contributed by atoms with E-state index in [4.69, 9.17) is 9.29 Å².